The van der Waals surface area contributed by atoms with Crippen molar-refractivity contribution in [3.8, 4) is 0 Å². The molecule has 1 fully saturated rings. The molecule has 0 atom stereocenters. The van der Waals surface area contributed by atoms with Crippen molar-refractivity contribution in [2.24, 2.45) is 5.92 Å². The van der Waals surface area contributed by atoms with E-state index >= 15 is 0 Å². The van der Waals surface area contributed by atoms with Crippen LogP contribution >= 0.6 is 0 Å². The molecule has 1 aromatic rings. The van der Waals surface area contributed by atoms with Crippen LogP contribution in [0.25, 0.3) is 0 Å². The van der Waals surface area contributed by atoms with Crippen LogP contribution in [0.5, 0.6) is 0 Å². The highest BCUT2D eigenvalue weighted by Gasteiger charge is 2.13. The van der Waals surface area contributed by atoms with Crippen molar-refractivity contribution >= 4 is 5.69 Å². The molecule has 0 aliphatic heterocycles. The summed E-state index contributed by atoms with van der Waals surface area (Å²) < 4.78 is 0. The molecule has 2 rings (SSSR count). The summed E-state index contributed by atoms with van der Waals surface area (Å²) in [7, 11) is 0. The number of hydrogen-bond acceptors (Lipinski definition) is 3. The predicted molar refractivity (Wildman–Crippen MR) is 80.9 cm³/mol. The molecule has 0 bridgehead atoms. The van der Waals surface area contributed by atoms with Gasteiger partial charge in [-0.2, -0.15) is 0 Å². The first-order valence-corrected chi connectivity index (χ1v) is 7.70. The van der Waals surface area contributed by atoms with Gasteiger partial charge in [-0.05, 0) is 43.8 Å². The first-order chi connectivity index (χ1) is 9.75. The Morgan fingerprint density at radius 2 is 1.85 bits per heavy atom. The van der Waals surface area contributed by atoms with E-state index in [-0.39, 0.29) is 10.6 Å². The Bertz CT molecular complexity index is 411. The van der Waals surface area contributed by atoms with Crippen molar-refractivity contribution in [3.05, 3.63) is 39.9 Å². The number of nitrogens with one attached hydrogen (secondary N) is 1. The monoisotopic (exact) mass is 276 g/mol. The molecule has 1 aliphatic carbocycles. The van der Waals surface area contributed by atoms with E-state index in [0.29, 0.717) is 0 Å². The molecule has 0 aromatic heterocycles. The lowest BCUT2D eigenvalue weighted by atomic mass is 10.0. The Balaban J connectivity index is 1.55. The molecular weight excluding hydrogens is 252 g/mol. The van der Waals surface area contributed by atoms with E-state index in [4.69, 9.17) is 0 Å². The first-order valence-electron chi connectivity index (χ1n) is 7.70. The number of hydrogen-bond donors (Lipinski definition) is 1. The van der Waals surface area contributed by atoms with Gasteiger partial charge in [0, 0.05) is 12.1 Å². The fourth-order valence-electron chi connectivity index (χ4n) is 2.96. The zero-order valence-electron chi connectivity index (χ0n) is 12.0. The van der Waals surface area contributed by atoms with E-state index in [2.05, 4.69) is 5.32 Å². The van der Waals surface area contributed by atoms with Gasteiger partial charge in [0.2, 0.25) is 0 Å². The zero-order chi connectivity index (χ0) is 14.2. The SMILES string of the molecule is O=[N+]([O-])c1ccc(CCNCCCC2CCCC2)cc1. The van der Waals surface area contributed by atoms with Crippen molar-refractivity contribution in [1.29, 1.82) is 0 Å². The van der Waals surface area contributed by atoms with Gasteiger partial charge in [0.25, 0.3) is 5.69 Å². The average molecular weight is 276 g/mol. The number of nitro groups is 1. The van der Waals surface area contributed by atoms with Gasteiger partial charge in [-0.3, -0.25) is 10.1 Å². The molecule has 0 spiro atoms. The molecule has 0 amide bonds. The van der Waals surface area contributed by atoms with Gasteiger partial charge in [-0.15, -0.1) is 0 Å². The van der Waals surface area contributed by atoms with Crippen molar-refractivity contribution < 1.29 is 4.92 Å². The molecule has 1 N–H and O–H groups in total. The summed E-state index contributed by atoms with van der Waals surface area (Å²) in [4.78, 5) is 10.2. The minimum Gasteiger partial charge on any atom is -0.316 e. The molecule has 110 valence electrons. The van der Waals surface area contributed by atoms with Crippen LogP contribution in [0.1, 0.15) is 44.1 Å². The van der Waals surface area contributed by atoms with E-state index in [0.717, 1.165) is 31.0 Å². The molecule has 4 heteroatoms. The lowest BCUT2D eigenvalue weighted by Crippen LogP contribution is -2.19. The molecule has 20 heavy (non-hydrogen) atoms. The maximum Gasteiger partial charge on any atom is 0.269 e. The molecule has 1 aliphatic rings. The Kier molecular flexibility index (Phi) is 5.99. The largest absolute Gasteiger partial charge is 0.316 e. The van der Waals surface area contributed by atoms with Crippen LogP contribution in [0.15, 0.2) is 24.3 Å². The number of non-ortho nitro benzene ring substituents is 1. The minimum atomic E-state index is -0.356. The van der Waals surface area contributed by atoms with Crippen LogP contribution in [0.4, 0.5) is 5.69 Å². The first kappa shape index (κ1) is 15.0. The van der Waals surface area contributed by atoms with Crippen LogP contribution in [-0.4, -0.2) is 18.0 Å². The maximum absolute atomic E-state index is 10.5. The fourth-order valence-corrected chi connectivity index (χ4v) is 2.96. The fraction of sp³-hybridized carbons (Fsp3) is 0.625. The van der Waals surface area contributed by atoms with E-state index in [9.17, 15) is 10.1 Å². The number of benzene rings is 1. The number of nitro benzene ring substituents is 1. The van der Waals surface area contributed by atoms with Crippen molar-refractivity contribution in [2.75, 3.05) is 13.1 Å². The van der Waals surface area contributed by atoms with Crippen molar-refractivity contribution in [3.63, 3.8) is 0 Å². The summed E-state index contributed by atoms with van der Waals surface area (Å²) in [5, 5.41) is 14.0. The van der Waals surface area contributed by atoms with Gasteiger partial charge in [-0.25, -0.2) is 0 Å². The summed E-state index contributed by atoms with van der Waals surface area (Å²) in [5.74, 6) is 0.978. The van der Waals surface area contributed by atoms with Gasteiger partial charge in [0.1, 0.15) is 0 Å². The van der Waals surface area contributed by atoms with Crippen molar-refractivity contribution in [2.45, 2.75) is 44.9 Å². The summed E-state index contributed by atoms with van der Waals surface area (Å²) in [6.45, 7) is 2.03. The van der Waals surface area contributed by atoms with Crippen LogP contribution < -0.4 is 5.32 Å². The van der Waals surface area contributed by atoms with Gasteiger partial charge < -0.3 is 5.32 Å². The van der Waals surface area contributed by atoms with Gasteiger partial charge in [0.15, 0.2) is 0 Å². The van der Waals surface area contributed by atoms with Gasteiger partial charge in [0.05, 0.1) is 4.92 Å². The highest BCUT2D eigenvalue weighted by atomic mass is 16.6. The van der Waals surface area contributed by atoms with Crippen LogP contribution in [0, 0.1) is 16.0 Å². The average Bonchev–Trinajstić information content (AvgIpc) is 2.96. The van der Waals surface area contributed by atoms with Gasteiger partial charge >= 0.3 is 0 Å². The second kappa shape index (κ2) is 8.00. The second-order valence-corrected chi connectivity index (χ2v) is 5.72. The minimum absolute atomic E-state index is 0.165. The summed E-state index contributed by atoms with van der Waals surface area (Å²) in [6.07, 6.45) is 9.29. The highest BCUT2D eigenvalue weighted by Crippen LogP contribution is 2.28. The molecule has 0 saturated heterocycles. The molecule has 4 nitrogen and oxygen atoms in total. The maximum atomic E-state index is 10.5. The number of nitrogens with zero attached hydrogens (tertiary/aromatic N) is 1. The molecular formula is C16H24N2O2. The van der Waals surface area contributed by atoms with E-state index in [1.54, 1.807) is 12.1 Å². The van der Waals surface area contributed by atoms with Crippen LogP contribution in [0.3, 0.4) is 0 Å². The Hall–Kier alpha value is -1.42. The van der Waals surface area contributed by atoms with Crippen LogP contribution in [0.2, 0.25) is 0 Å². The Morgan fingerprint density at radius 3 is 2.50 bits per heavy atom. The number of rotatable bonds is 8. The summed E-state index contributed by atoms with van der Waals surface area (Å²) >= 11 is 0. The third-order valence-corrected chi connectivity index (χ3v) is 4.18. The molecule has 1 saturated carbocycles. The standard InChI is InChI=1S/C16H24N2O2/c19-18(20)16-9-7-15(8-10-16)11-13-17-12-3-6-14-4-1-2-5-14/h7-10,14,17H,1-6,11-13H2. The second-order valence-electron chi connectivity index (χ2n) is 5.72. The Labute approximate surface area is 120 Å². The summed E-state index contributed by atoms with van der Waals surface area (Å²) in [5.41, 5.74) is 1.32. The normalized spacial score (nSPS) is 15.6. The predicted octanol–water partition coefficient (Wildman–Crippen LogP) is 3.70. The van der Waals surface area contributed by atoms with Crippen molar-refractivity contribution in [1.82, 2.24) is 5.32 Å². The van der Waals surface area contributed by atoms with E-state index < -0.39 is 0 Å². The zero-order valence-corrected chi connectivity index (χ0v) is 12.0. The lowest BCUT2D eigenvalue weighted by Gasteiger charge is -2.09. The van der Waals surface area contributed by atoms with Gasteiger partial charge in [-0.1, -0.05) is 37.8 Å². The van der Waals surface area contributed by atoms with E-state index in [1.807, 2.05) is 12.1 Å². The molecule has 0 heterocycles. The smallest absolute Gasteiger partial charge is 0.269 e. The third kappa shape index (κ3) is 4.93. The topological polar surface area (TPSA) is 55.2 Å². The Morgan fingerprint density at radius 1 is 1.15 bits per heavy atom. The molecule has 0 unspecified atom stereocenters. The van der Waals surface area contributed by atoms with Crippen LogP contribution in [-0.2, 0) is 6.42 Å². The quantitative estimate of drug-likeness (QED) is 0.447. The molecule has 0 radical (unpaired) electrons. The molecule has 1 aromatic carbocycles. The highest BCUT2D eigenvalue weighted by molar-refractivity contribution is 5.32. The third-order valence-electron chi connectivity index (χ3n) is 4.18. The van der Waals surface area contributed by atoms with E-state index in [1.165, 1.54) is 38.5 Å². The lowest BCUT2D eigenvalue weighted by molar-refractivity contribution is -0.384. The summed E-state index contributed by atoms with van der Waals surface area (Å²) in [6, 6.07) is 6.85.